The van der Waals surface area contributed by atoms with Crippen molar-refractivity contribution in [1.29, 1.82) is 0 Å². The zero-order valence-electron chi connectivity index (χ0n) is 11.6. The number of carbonyl (C=O) groups is 1. The molecule has 0 saturated carbocycles. The maximum Gasteiger partial charge on any atom is 0.364 e. The molecule has 4 nitrogen and oxygen atoms in total. The minimum Gasteiger partial charge on any atom is -0.254 e. The number of hydrogen-bond donors (Lipinski definition) is 1. The molecule has 0 spiro atoms. The predicted octanol–water partition coefficient (Wildman–Crippen LogP) is 2.64. The maximum absolute atomic E-state index is 12.8. The Balaban J connectivity index is 1.87. The summed E-state index contributed by atoms with van der Waals surface area (Å²) in [5.41, 5.74) is 3.78. The molecule has 2 heterocycles. The van der Waals surface area contributed by atoms with Crippen LogP contribution in [0.5, 0.6) is 0 Å². The summed E-state index contributed by atoms with van der Waals surface area (Å²) < 4.78 is 1.72. The highest BCUT2D eigenvalue weighted by Crippen LogP contribution is 2.25. The van der Waals surface area contributed by atoms with Gasteiger partial charge in [0.1, 0.15) is 11.7 Å². The van der Waals surface area contributed by atoms with Gasteiger partial charge in [0, 0.05) is 5.56 Å². The zero-order valence-corrected chi connectivity index (χ0v) is 11.6. The third-order valence-corrected chi connectivity index (χ3v) is 3.82. The first kappa shape index (κ1) is 12.0. The van der Waals surface area contributed by atoms with Gasteiger partial charge in [-0.25, -0.2) is 9.78 Å². The molecule has 1 aliphatic rings. The molecule has 102 valence electrons. The molecule has 1 unspecified atom stereocenters. The third-order valence-electron chi connectivity index (χ3n) is 3.82. The molecule has 1 aliphatic heterocycles. The van der Waals surface area contributed by atoms with Crippen LogP contribution in [0.25, 0.3) is 11.0 Å². The number of fused-ring (bicyclic) bond motifs is 3. The Morgan fingerprint density at radius 1 is 1.14 bits per heavy atom. The summed E-state index contributed by atoms with van der Waals surface area (Å²) in [6.45, 7) is 2.03. The van der Waals surface area contributed by atoms with Gasteiger partial charge < -0.3 is 0 Å². The summed E-state index contributed by atoms with van der Waals surface area (Å²) >= 11 is 0. The fourth-order valence-electron chi connectivity index (χ4n) is 2.83. The van der Waals surface area contributed by atoms with E-state index in [0.29, 0.717) is 0 Å². The summed E-state index contributed by atoms with van der Waals surface area (Å²) in [6.07, 6.45) is 1.72. The van der Waals surface area contributed by atoms with Gasteiger partial charge in [0.05, 0.1) is 0 Å². The van der Waals surface area contributed by atoms with Gasteiger partial charge in [-0.05, 0) is 19.1 Å². The van der Waals surface area contributed by atoms with Crippen LogP contribution in [-0.2, 0) is 0 Å². The summed E-state index contributed by atoms with van der Waals surface area (Å²) in [4.78, 5) is 17.2. The molecule has 0 saturated heterocycles. The number of aromatic nitrogens is 2. The highest BCUT2D eigenvalue weighted by atomic mass is 16.2. The van der Waals surface area contributed by atoms with Gasteiger partial charge in [0.15, 0.2) is 5.52 Å². The molecule has 0 fully saturated rings. The smallest absolute Gasteiger partial charge is 0.254 e. The lowest BCUT2D eigenvalue weighted by molar-refractivity contribution is -0.524. The van der Waals surface area contributed by atoms with Crippen LogP contribution in [0.15, 0.2) is 54.7 Å². The van der Waals surface area contributed by atoms with Crippen LogP contribution in [0.2, 0.25) is 0 Å². The number of rotatable bonds is 1. The minimum atomic E-state index is -0.350. The number of nitrogens with one attached hydrogen (secondary N) is 1. The van der Waals surface area contributed by atoms with Gasteiger partial charge in [0.25, 0.3) is 0 Å². The van der Waals surface area contributed by atoms with Crippen molar-refractivity contribution in [3.05, 3.63) is 65.9 Å². The number of aryl methyl sites for hydroxylation is 1. The van der Waals surface area contributed by atoms with Crippen LogP contribution >= 0.6 is 0 Å². The monoisotopic (exact) mass is 276 g/mol. The van der Waals surface area contributed by atoms with E-state index in [1.54, 1.807) is 10.8 Å². The number of carbonyl (C=O) groups excluding carboxylic acids is 1. The van der Waals surface area contributed by atoms with Gasteiger partial charge in [-0.2, -0.15) is 4.57 Å². The van der Waals surface area contributed by atoms with Gasteiger partial charge in [-0.3, -0.25) is 5.32 Å². The predicted molar refractivity (Wildman–Crippen MR) is 80.1 cm³/mol. The Hall–Kier alpha value is -2.75. The van der Waals surface area contributed by atoms with Crippen molar-refractivity contribution in [2.75, 3.05) is 5.32 Å². The van der Waals surface area contributed by atoms with E-state index in [4.69, 9.17) is 0 Å². The van der Waals surface area contributed by atoms with Crippen LogP contribution in [0.1, 0.15) is 22.0 Å². The van der Waals surface area contributed by atoms with Crippen molar-refractivity contribution in [3.63, 3.8) is 0 Å². The lowest BCUT2D eigenvalue weighted by Gasteiger charge is -2.04. The van der Waals surface area contributed by atoms with Gasteiger partial charge in [-0.1, -0.05) is 42.0 Å². The Labute approximate surface area is 122 Å². The fraction of sp³-hybridized carbons (Fsp3) is 0.118. The standard InChI is InChI=1S/C17H13N3O/c1-11-5-4-6-12(9-11)16-17(21)20-14-8-3-2-7-13(14)18-10-15(20)19-16/h2-10,16H,1H3/p+1. The Bertz CT molecular complexity index is 873. The van der Waals surface area contributed by atoms with Crippen LogP contribution in [0, 0.1) is 6.92 Å². The Morgan fingerprint density at radius 2 is 2.00 bits per heavy atom. The molecule has 0 amide bonds. The van der Waals surface area contributed by atoms with Gasteiger partial charge in [0.2, 0.25) is 6.04 Å². The number of nitrogens with zero attached hydrogens (tertiary/aromatic N) is 2. The zero-order chi connectivity index (χ0) is 14.4. The van der Waals surface area contributed by atoms with Crippen LogP contribution in [0.3, 0.4) is 0 Å². The SMILES string of the molecule is Cc1cccc(C2Nc3cnc4ccccc4[n+]3C2=O)c1. The van der Waals surface area contributed by atoms with E-state index in [1.165, 1.54) is 0 Å². The van der Waals surface area contributed by atoms with Crippen molar-refractivity contribution in [3.8, 4) is 0 Å². The number of anilines is 1. The topological polar surface area (TPSA) is 45.9 Å². The molecule has 1 aromatic heterocycles. The molecule has 1 N–H and O–H groups in total. The average molecular weight is 276 g/mol. The average Bonchev–Trinajstić information content (AvgIpc) is 2.85. The lowest BCUT2D eigenvalue weighted by Crippen LogP contribution is -2.41. The summed E-state index contributed by atoms with van der Waals surface area (Å²) in [7, 11) is 0. The van der Waals surface area contributed by atoms with E-state index in [9.17, 15) is 4.79 Å². The molecule has 4 heteroatoms. The van der Waals surface area contributed by atoms with E-state index in [0.717, 1.165) is 28.0 Å². The van der Waals surface area contributed by atoms with E-state index in [-0.39, 0.29) is 11.9 Å². The molecule has 21 heavy (non-hydrogen) atoms. The lowest BCUT2D eigenvalue weighted by atomic mass is 10.0. The molecule has 2 aromatic carbocycles. The van der Waals surface area contributed by atoms with Crippen LogP contribution in [-0.4, -0.2) is 10.9 Å². The Kier molecular flexibility index (Phi) is 2.51. The highest BCUT2D eigenvalue weighted by Gasteiger charge is 2.40. The van der Waals surface area contributed by atoms with E-state index in [2.05, 4.69) is 10.3 Å². The largest absolute Gasteiger partial charge is 0.364 e. The highest BCUT2D eigenvalue weighted by molar-refractivity contribution is 5.87. The van der Waals surface area contributed by atoms with Crippen LogP contribution in [0.4, 0.5) is 5.82 Å². The third kappa shape index (κ3) is 1.80. The molecular weight excluding hydrogens is 262 g/mol. The second-order valence-electron chi connectivity index (χ2n) is 5.30. The molecule has 0 bridgehead atoms. The van der Waals surface area contributed by atoms with E-state index in [1.807, 2.05) is 55.5 Å². The number of benzene rings is 2. The normalized spacial score (nSPS) is 16.8. The first-order valence-electron chi connectivity index (χ1n) is 6.91. The van der Waals surface area contributed by atoms with E-state index < -0.39 is 0 Å². The number of para-hydroxylation sites is 2. The van der Waals surface area contributed by atoms with Gasteiger partial charge in [-0.15, -0.1) is 0 Å². The summed E-state index contributed by atoms with van der Waals surface area (Å²) in [5.74, 6) is 0.777. The quantitative estimate of drug-likeness (QED) is 0.695. The van der Waals surface area contributed by atoms with Crippen LogP contribution < -0.4 is 9.88 Å². The van der Waals surface area contributed by atoms with Crippen molar-refractivity contribution < 1.29 is 9.36 Å². The molecule has 4 rings (SSSR count). The molecule has 0 radical (unpaired) electrons. The van der Waals surface area contributed by atoms with Crippen molar-refractivity contribution in [2.45, 2.75) is 13.0 Å². The molecule has 1 atom stereocenters. The van der Waals surface area contributed by atoms with Gasteiger partial charge >= 0.3 is 11.7 Å². The molecular formula is C17H14N3O+. The summed E-state index contributed by atoms with van der Waals surface area (Å²) in [6, 6.07) is 15.3. The first-order valence-corrected chi connectivity index (χ1v) is 6.91. The van der Waals surface area contributed by atoms with Crippen molar-refractivity contribution in [1.82, 2.24) is 4.98 Å². The number of hydrogen-bond acceptors (Lipinski definition) is 3. The Morgan fingerprint density at radius 3 is 2.86 bits per heavy atom. The van der Waals surface area contributed by atoms with E-state index >= 15 is 0 Å². The first-order chi connectivity index (χ1) is 10.2. The second kappa shape index (κ2) is 4.38. The fourth-order valence-corrected chi connectivity index (χ4v) is 2.83. The molecule has 3 aromatic rings. The molecule has 0 aliphatic carbocycles. The summed E-state index contributed by atoms with van der Waals surface area (Å²) in [5, 5.41) is 3.27. The maximum atomic E-state index is 12.8. The van der Waals surface area contributed by atoms with Crippen molar-refractivity contribution >= 4 is 22.8 Å². The second-order valence-corrected chi connectivity index (χ2v) is 5.30. The minimum absolute atomic E-state index is 0.0363. The van der Waals surface area contributed by atoms with Crippen molar-refractivity contribution in [2.24, 2.45) is 0 Å².